The number of rotatable bonds is 5. The van der Waals surface area contributed by atoms with Crippen molar-refractivity contribution in [2.75, 3.05) is 25.6 Å². The van der Waals surface area contributed by atoms with Gasteiger partial charge in [-0.1, -0.05) is 15.9 Å². The molecule has 1 aliphatic heterocycles. The molecular formula is C19H14BrN3O6. The van der Waals surface area contributed by atoms with E-state index in [1.165, 1.54) is 25.3 Å². The lowest BCUT2D eigenvalue weighted by Crippen LogP contribution is -2.18. The maximum atomic E-state index is 12.6. The van der Waals surface area contributed by atoms with Gasteiger partial charge in [0.15, 0.2) is 11.5 Å². The van der Waals surface area contributed by atoms with Crippen molar-refractivity contribution >= 4 is 39.3 Å². The first-order chi connectivity index (χ1) is 13.9. The molecule has 0 bridgehead atoms. The minimum absolute atomic E-state index is 0.105. The van der Waals surface area contributed by atoms with E-state index in [1.807, 2.05) is 0 Å². The second kappa shape index (κ2) is 8.62. The van der Waals surface area contributed by atoms with Crippen LogP contribution in [0.3, 0.4) is 0 Å². The summed E-state index contributed by atoms with van der Waals surface area (Å²) >= 11 is 3.32. The van der Waals surface area contributed by atoms with Crippen LogP contribution in [0.2, 0.25) is 0 Å². The molecule has 2 aromatic carbocycles. The number of nitriles is 1. The first-order valence-electron chi connectivity index (χ1n) is 8.27. The molecule has 0 radical (unpaired) electrons. The Labute approximate surface area is 173 Å². The topological polar surface area (TPSA) is 124 Å². The van der Waals surface area contributed by atoms with E-state index >= 15 is 0 Å². The minimum atomic E-state index is -0.811. The highest BCUT2D eigenvalue weighted by Crippen LogP contribution is 2.39. The van der Waals surface area contributed by atoms with E-state index in [1.54, 1.807) is 24.3 Å². The highest BCUT2D eigenvalue weighted by atomic mass is 79.9. The Bertz CT molecular complexity index is 1060. The second-order valence-corrected chi connectivity index (χ2v) is 6.70. The minimum Gasteiger partial charge on any atom is -0.496 e. The van der Waals surface area contributed by atoms with Gasteiger partial charge in [-0.05, 0) is 24.3 Å². The molecule has 0 aliphatic carbocycles. The number of fused-ring (bicyclic) bond motifs is 1. The van der Waals surface area contributed by atoms with Gasteiger partial charge in [0.05, 0.1) is 18.1 Å². The molecule has 0 fully saturated rings. The predicted octanol–water partition coefficient (Wildman–Crippen LogP) is 3.68. The van der Waals surface area contributed by atoms with Crippen LogP contribution in [0.1, 0.15) is 5.56 Å². The van der Waals surface area contributed by atoms with Gasteiger partial charge < -0.3 is 19.5 Å². The molecule has 0 saturated heterocycles. The molecule has 0 atom stereocenters. The number of carbonyl (C=O) groups is 1. The molecule has 0 unspecified atom stereocenters. The number of methoxy groups -OCH3 is 1. The summed E-state index contributed by atoms with van der Waals surface area (Å²) in [5, 5.41) is 23.2. The van der Waals surface area contributed by atoms with Crippen LogP contribution in [0.4, 0.5) is 11.4 Å². The number of hydrogen-bond acceptors (Lipinski definition) is 7. The molecule has 2 aromatic rings. The molecule has 1 N–H and O–H groups in total. The van der Waals surface area contributed by atoms with Gasteiger partial charge in [0.1, 0.15) is 36.3 Å². The molecule has 3 rings (SSSR count). The van der Waals surface area contributed by atoms with Crippen molar-refractivity contribution in [1.82, 2.24) is 0 Å². The van der Waals surface area contributed by atoms with Gasteiger partial charge in [-0.3, -0.25) is 14.9 Å². The number of ether oxygens (including phenoxy) is 3. The fraction of sp³-hybridized carbons (Fsp3) is 0.158. The van der Waals surface area contributed by atoms with Gasteiger partial charge in [0, 0.05) is 16.1 Å². The first kappa shape index (κ1) is 20.2. The summed E-state index contributed by atoms with van der Waals surface area (Å²) in [6, 6.07) is 9.39. The number of carbonyl (C=O) groups excluding carboxylic acids is 1. The molecule has 0 saturated carbocycles. The molecule has 148 valence electrons. The zero-order chi connectivity index (χ0) is 21.0. The Morgan fingerprint density at radius 3 is 2.62 bits per heavy atom. The van der Waals surface area contributed by atoms with Gasteiger partial charge in [-0.15, -0.1) is 0 Å². The van der Waals surface area contributed by atoms with Crippen LogP contribution in [0.15, 0.2) is 40.4 Å². The molecule has 10 heteroatoms. The number of anilines is 1. The number of benzene rings is 2. The number of nitro benzene ring substituents is 1. The van der Waals surface area contributed by atoms with Crippen LogP contribution >= 0.6 is 15.9 Å². The maximum Gasteiger partial charge on any atom is 0.296 e. The Morgan fingerprint density at radius 2 is 2.00 bits per heavy atom. The van der Waals surface area contributed by atoms with Crippen molar-refractivity contribution in [3.05, 3.63) is 56.1 Å². The molecule has 0 spiro atoms. The van der Waals surface area contributed by atoms with Crippen molar-refractivity contribution in [2.45, 2.75) is 0 Å². The first-order valence-corrected chi connectivity index (χ1v) is 9.07. The maximum absolute atomic E-state index is 12.6. The fourth-order valence-electron chi connectivity index (χ4n) is 2.64. The number of nitro groups is 1. The van der Waals surface area contributed by atoms with Crippen molar-refractivity contribution < 1.29 is 23.9 Å². The van der Waals surface area contributed by atoms with E-state index < -0.39 is 10.8 Å². The van der Waals surface area contributed by atoms with Crippen LogP contribution in [-0.2, 0) is 4.79 Å². The van der Waals surface area contributed by atoms with Gasteiger partial charge in [0.25, 0.3) is 11.6 Å². The average molecular weight is 460 g/mol. The molecule has 29 heavy (non-hydrogen) atoms. The molecule has 1 heterocycles. The quantitative estimate of drug-likeness (QED) is 0.312. The van der Waals surface area contributed by atoms with Crippen molar-refractivity contribution in [2.24, 2.45) is 0 Å². The summed E-state index contributed by atoms with van der Waals surface area (Å²) in [6.45, 7) is 0.551. The van der Waals surface area contributed by atoms with Gasteiger partial charge in [0.2, 0.25) is 0 Å². The lowest BCUT2D eigenvalue weighted by atomic mass is 10.1. The summed E-state index contributed by atoms with van der Waals surface area (Å²) in [5.74, 6) is 0.137. The van der Waals surface area contributed by atoms with E-state index in [2.05, 4.69) is 21.2 Å². The number of halogens is 1. The number of amides is 1. The summed E-state index contributed by atoms with van der Waals surface area (Å²) in [4.78, 5) is 23.4. The van der Waals surface area contributed by atoms with E-state index in [4.69, 9.17) is 14.2 Å². The van der Waals surface area contributed by atoms with Crippen LogP contribution in [0.5, 0.6) is 17.2 Å². The molecular weight excluding hydrogens is 446 g/mol. The third-order valence-electron chi connectivity index (χ3n) is 3.96. The number of hydrogen-bond donors (Lipinski definition) is 1. The molecule has 9 nitrogen and oxygen atoms in total. The second-order valence-electron chi connectivity index (χ2n) is 5.78. The lowest BCUT2D eigenvalue weighted by molar-refractivity contribution is -0.384. The number of nitrogens with one attached hydrogen (secondary N) is 1. The Hall–Kier alpha value is -3.58. The SMILES string of the molecule is COc1ccc(Br)cc1/C=C(\C#N)C(=O)Nc1cc2c(cc1[N+](=O)[O-])OCCO2. The molecule has 0 aromatic heterocycles. The van der Waals surface area contributed by atoms with Gasteiger partial charge in [-0.25, -0.2) is 0 Å². The van der Waals surface area contributed by atoms with Crippen molar-refractivity contribution in [3.8, 4) is 23.3 Å². The van der Waals surface area contributed by atoms with Crippen LogP contribution < -0.4 is 19.5 Å². The summed E-state index contributed by atoms with van der Waals surface area (Å²) in [7, 11) is 1.46. The zero-order valence-electron chi connectivity index (χ0n) is 15.1. The largest absolute Gasteiger partial charge is 0.496 e. The third-order valence-corrected chi connectivity index (χ3v) is 4.46. The van der Waals surface area contributed by atoms with Crippen molar-refractivity contribution in [3.63, 3.8) is 0 Å². The van der Waals surface area contributed by atoms with Gasteiger partial charge >= 0.3 is 0 Å². The van der Waals surface area contributed by atoms with Crippen LogP contribution in [0.25, 0.3) is 6.08 Å². The van der Waals surface area contributed by atoms with E-state index in [0.29, 0.717) is 11.3 Å². The highest BCUT2D eigenvalue weighted by Gasteiger charge is 2.24. The lowest BCUT2D eigenvalue weighted by Gasteiger charge is -2.19. The average Bonchev–Trinajstić information content (AvgIpc) is 2.71. The van der Waals surface area contributed by atoms with Crippen molar-refractivity contribution in [1.29, 1.82) is 5.26 Å². The normalized spacial score (nSPS) is 12.7. The molecule has 1 amide bonds. The van der Waals surface area contributed by atoms with E-state index in [0.717, 1.165) is 4.47 Å². The monoisotopic (exact) mass is 459 g/mol. The molecule has 1 aliphatic rings. The Balaban J connectivity index is 1.95. The smallest absolute Gasteiger partial charge is 0.296 e. The summed E-state index contributed by atoms with van der Waals surface area (Å²) < 4.78 is 16.7. The Morgan fingerprint density at radius 1 is 1.31 bits per heavy atom. The standard InChI is InChI=1S/C19H14BrN3O6/c1-27-16-3-2-13(20)7-11(16)6-12(10-21)19(24)22-14-8-17-18(29-5-4-28-17)9-15(14)23(25)26/h2-3,6-9H,4-5H2,1H3,(H,22,24)/b12-6+. The van der Waals surface area contributed by atoms with E-state index in [-0.39, 0.29) is 41.7 Å². The van der Waals surface area contributed by atoms with Crippen LogP contribution in [0, 0.1) is 21.4 Å². The predicted molar refractivity (Wildman–Crippen MR) is 107 cm³/mol. The van der Waals surface area contributed by atoms with E-state index in [9.17, 15) is 20.2 Å². The summed E-state index contributed by atoms with van der Waals surface area (Å²) in [6.07, 6.45) is 1.34. The number of nitrogens with zero attached hydrogens (tertiary/aromatic N) is 2. The van der Waals surface area contributed by atoms with Crippen LogP contribution in [-0.4, -0.2) is 31.2 Å². The van der Waals surface area contributed by atoms with Gasteiger partial charge in [-0.2, -0.15) is 5.26 Å². The zero-order valence-corrected chi connectivity index (χ0v) is 16.7. The third kappa shape index (κ3) is 4.47. The highest BCUT2D eigenvalue weighted by molar-refractivity contribution is 9.10. The fourth-order valence-corrected chi connectivity index (χ4v) is 3.02. The Kier molecular flexibility index (Phi) is 5.99. The summed E-state index contributed by atoms with van der Waals surface area (Å²) in [5.41, 5.74) is -0.248.